The zero-order valence-corrected chi connectivity index (χ0v) is 14.9. The van der Waals surface area contributed by atoms with E-state index in [0.29, 0.717) is 21.3 Å². The number of carbonyl (C=O) groups is 2. The maximum absolute atomic E-state index is 13.5. The SMILES string of the molecule is O=Cc1cc(Br)cc(Br)c1OCC(=O)Nc1ccc(F)c(F)c1F. The van der Waals surface area contributed by atoms with Crippen molar-refractivity contribution in [1.82, 2.24) is 0 Å². The molecule has 0 bridgehead atoms. The summed E-state index contributed by atoms with van der Waals surface area (Å²) in [5.74, 6) is -5.26. The lowest BCUT2D eigenvalue weighted by atomic mass is 10.2. The predicted octanol–water partition coefficient (Wildman–Crippen LogP) is 4.46. The standard InChI is InChI=1S/C15H8Br2F3NO3/c16-8-3-7(5-22)15(9(17)4-8)24-6-12(23)21-11-2-1-10(18)13(19)14(11)20/h1-5H,6H2,(H,21,23). The van der Waals surface area contributed by atoms with Gasteiger partial charge in [0.05, 0.1) is 15.7 Å². The van der Waals surface area contributed by atoms with E-state index in [1.54, 1.807) is 6.07 Å². The van der Waals surface area contributed by atoms with Crippen LogP contribution in [0, 0.1) is 17.5 Å². The summed E-state index contributed by atoms with van der Waals surface area (Å²) in [7, 11) is 0. The normalized spacial score (nSPS) is 10.4. The van der Waals surface area contributed by atoms with Gasteiger partial charge in [-0.1, -0.05) is 15.9 Å². The van der Waals surface area contributed by atoms with E-state index in [2.05, 4.69) is 37.2 Å². The molecule has 0 fully saturated rings. The monoisotopic (exact) mass is 465 g/mol. The second-order valence-electron chi connectivity index (χ2n) is 4.48. The Kier molecular flexibility index (Phi) is 6.00. The second kappa shape index (κ2) is 7.80. The van der Waals surface area contributed by atoms with Gasteiger partial charge in [0.2, 0.25) is 0 Å². The van der Waals surface area contributed by atoms with E-state index in [1.807, 2.05) is 0 Å². The van der Waals surface area contributed by atoms with Crippen molar-refractivity contribution in [2.45, 2.75) is 0 Å². The number of nitrogens with one attached hydrogen (secondary N) is 1. The van der Waals surface area contributed by atoms with Gasteiger partial charge in [0.1, 0.15) is 5.75 Å². The molecule has 9 heteroatoms. The molecule has 2 aromatic rings. The summed E-state index contributed by atoms with van der Waals surface area (Å²) >= 11 is 6.39. The summed E-state index contributed by atoms with van der Waals surface area (Å²) < 4.78 is 45.7. The van der Waals surface area contributed by atoms with Crippen molar-refractivity contribution < 1.29 is 27.5 Å². The highest BCUT2D eigenvalue weighted by Crippen LogP contribution is 2.32. The minimum Gasteiger partial charge on any atom is -0.482 e. The van der Waals surface area contributed by atoms with Gasteiger partial charge in [-0.3, -0.25) is 9.59 Å². The van der Waals surface area contributed by atoms with E-state index in [0.717, 1.165) is 6.07 Å². The molecule has 0 aliphatic carbocycles. The quantitative estimate of drug-likeness (QED) is 0.523. The zero-order valence-electron chi connectivity index (χ0n) is 11.7. The molecule has 4 nitrogen and oxygen atoms in total. The van der Waals surface area contributed by atoms with Crippen LogP contribution in [-0.2, 0) is 4.79 Å². The van der Waals surface area contributed by atoms with E-state index < -0.39 is 35.7 Å². The number of aldehydes is 1. The highest BCUT2D eigenvalue weighted by molar-refractivity contribution is 9.11. The highest BCUT2D eigenvalue weighted by atomic mass is 79.9. The number of amides is 1. The lowest BCUT2D eigenvalue weighted by Gasteiger charge is -2.12. The fourth-order valence-corrected chi connectivity index (χ4v) is 3.14. The molecule has 0 aromatic heterocycles. The molecule has 1 amide bonds. The van der Waals surface area contributed by atoms with Crippen molar-refractivity contribution in [3.05, 3.63) is 56.2 Å². The maximum atomic E-state index is 13.5. The van der Waals surface area contributed by atoms with Gasteiger partial charge in [-0.05, 0) is 40.2 Å². The zero-order chi connectivity index (χ0) is 17.9. The minimum absolute atomic E-state index is 0.120. The number of carbonyl (C=O) groups excluding carboxylic acids is 2. The average Bonchev–Trinajstić information content (AvgIpc) is 2.54. The van der Waals surface area contributed by atoms with Crippen LogP contribution in [0.15, 0.2) is 33.2 Å². The lowest BCUT2D eigenvalue weighted by Crippen LogP contribution is -2.21. The molecule has 0 spiro atoms. The van der Waals surface area contributed by atoms with Crippen LogP contribution in [0.3, 0.4) is 0 Å². The van der Waals surface area contributed by atoms with E-state index in [4.69, 9.17) is 4.74 Å². The Morgan fingerprint density at radius 1 is 1.17 bits per heavy atom. The van der Waals surface area contributed by atoms with Crippen molar-refractivity contribution in [3.63, 3.8) is 0 Å². The Labute approximate surface area is 151 Å². The molecule has 0 saturated carbocycles. The van der Waals surface area contributed by atoms with Crippen LogP contribution in [-0.4, -0.2) is 18.8 Å². The molecule has 126 valence electrons. The van der Waals surface area contributed by atoms with Crippen molar-refractivity contribution in [2.24, 2.45) is 0 Å². The molecule has 1 N–H and O–H groups in total. The topological polar surface area (TPSA) is 55.4 Å². The van der Waals surface area contributed by atoms with Crippen molar-refractivity contribution in [3.8, 4) is 5.75 Å². The summed E-state index contributed by atoms with van der Waals surface area (Å²) in [5, 5.41) is 2.06. The largest absolute Gasteiger partial charge is 0.482 e. The third-order valence-electron chi connectivity index (χ3n) is 2.82. The van der Waals surface area contributed by atoms with Crippen LogP contribution in [0.4, 0.5) is 18.9 Å². The van der Waals surface area contributed by atoms with Crippen LogP contribution in [0.1, 0.15) is 10.4 Å². The third kappa shape index (κ3) is 4.15. The molecule has 24 heavy (non-hydrogen) atoms. The Morgan fingerprint density at radius 2 is 1.88 bits per heavy atom. The molecule has 0 atom stereocenters. The first-order valence-corrected chi connectivity index (χ1v) is 7.92. The first-order chi connectivity index (χ1) is 11.3. The average molecular weight is 467 g/mol. The van der Waals surface area contributed by atoms with E-state index in [1.165, 1.54) is 6.07 Å². The molecule has 2 aromatic carbocycles. The van der Waals surface area contributed by atoms with Gasteiger partial charge in [0.25, 0.3) is 5.91 Å². The van der Waals surface area contributed by atoms with Crippen molar-refractivity contribution in [1.29, 1.82) is 0 Å². The first kappa shape index (κ1) is 18.5. The molecule has 0 heterocycles. The number of halogens is 5. The van der Waals surface area contributed by atoms with Crippen LogP contribution in [0.25, 0.3) is 0 Å². The summed E-state index contributed by atoms with van der Waals surface area (Å²) in [6, 6.07) is 4.66. The van der Waals surface area contributed by atoms with Crippen LogP contribution >= 0.6 is 31.9 Å². The molecule has 2 rings (SSSR count). The molecular formula is C15H8Br2F3NO3. The number of ether oxygens (including phenoxy) is 1. The third-order valence-corrected chi connectivity index (χ3v) is 3.87. The number of hydrogen-bond donors (Lipinski definition) is 1. The van der Waals surface area contributed by atoms with Gasteiger partial charge in [-0.2, -0.15) is 0 Å². The fourth-order valence-electron chi connectivity index (χ4n) is 1.77. The first-order valence-electron chi connectivity index (χ1n) is 6.34. The molecule has 0 unspecified atom stereocenters. The Balaban J connectivity index is 2.10. The fraction of sp³-hybridized carbons (Fsp3) is 0.0667. The Morgan fingerprint density at radius 3 is 2.54 bits per heavy atom. The maximum Gasteiger partial charge on any atom is 0.262 e. The number of anilines is 1. The number of hydrogen-bond acceptors (Lipinski definition) is 3. The second-order valence-corrected chi connectivity index (χ2v) is 6.25. The molecule has 0 aliphatic rings. The van der Waals surface area contributed by atoms with Gasteiger partial charge in [0.15, 0.2) is 30.3 Å². The number of rotatable bonds is 5. The molecule has 0 aliphatic heterocycles. The summed E-state index contributed by atoms with van der Waals surface area (Å²) in [6.45, 7) is -0.570. The van der Waals surface area contributed by atoms with Crippen molar-refractivity contribution in [2.75, 3.05) is 11.9 Å². The summed E-state index contributed by atoms with van der Waals surface area (Å²) in [5.41, 5.74) is -0.337. The highest BCUT2D eigenvalue weighted by Gasteiger charge is 2.16. The summed E-state index contributed by atoms with van der Waals surface area (Å²) in [6.07, 6.45) is 0.539. The van der Waals surface area contributed by atoms with Crippen LogP contribution < -0.4 is 10.1 Å². The van der Waals surface area contributed by atoms with Gasteiger partial charge in [-0.15, -0.1) is 0 Å². The number of benzene rings is 2. The van der Waals surface area contributed by atoms with E-state index in [-0.39, 0.29) is 11.3 Å². The molecule has 0 saturated heterocycles. The Bertz CT molecular complexity index is 815. The van der Waals surface area contributed by atoms with E-state index >= 15 is 0 Å². The molecule has 0 radical (unpaired) electrons. The summed E-state index contributed by atoms with van der Waals surface area (Å²) in [4.78, 5) is 22.8. The minimum atomic E-state index is -1.69. The van der Waals surface area contributed by atoms with E-state index in [9.17, 15) is 22.8 Å². The van der Waals surface area contributed by atoms with Gasteiger partial charge >= 0.3 is 0 Å². The van der Waals surface area contributed by atoms with Gasteiger partial charge < -0.3 is 10.1 Å². The predicted molar refractivity (Wildman–Crippen MR) is 87.7 cm³/mol. The lowest BCUT2D eigenvalue weighted by molar-refractivity contribution is -0.118. The Hall–Kier alpha value is -1.87. The van der Waals surface area contributed by atoms with Crippen LogP contribution in [0.5, 0.6) is 5.75 Å². The van der Waals surface area contributed by atoms with Crippen molar-refractivity contribution >= 4 is 49.7 Å². The molecular weight excluding hydrogens is 459 g/mol. The van der Waals surface area contributed by atoms with Crippen LogP contribution in [0.2, 0.25) is 0 Å². The van der Waals surface area contributed by atoms with Gasteiger partial charge in [0, 0.05) is 4.47 Å². The van der Waals surface area contributed by atoms with Gasteiger partial charge in [-0.25, -0.2) is 13.2 Å². The smallest absolute Gasteiger partial charge is 0.262 e.